The molecule has 5 nitrogen and oxygen atoms in total. The van der Waals surface area contributed by atoms with Gasteiger partial charge in [0.1, 0.15) is 18.1 Å². The summed E-state index contributed by atoms with van der Waals surface area (Å²) >= 11 is 5.76. The van der Waals surface area contributed by atoms with Crippen LogP contribution in [0.4, 0.5) is 13.2 Å². The first kappa shape index (κ1) is 21.4. The fourth-order valence-corrected chi connectivity index (χ4v) is 2.21. The van der Waals surface area contributed by atoms with Crippen molar-refractivity contribution >= 4 is 17.5 Å². The molecule has 0 aliphatic carbocycles. The first-order valence-corrected chi connectivity index (χ1v) is 8.40. The Bertz CT molecular complexity index is 849. The van der Waals surface area contributed by atoms with E-state index in [0.29, 0.717) is 10.8 Å². The van der Waals surface area contributed by atoms with Crippen molar-refractivity contribution in [2.24, 2.45) is 0 Å². The van der Waals surface area contributed by atoms with Crippen LogP contribution < -0.4 is 14.8 Å². The summed E-state index contributed by atoms with van der Waals surface area (Å²) in [7, 11) is 0. The molecule has 1 unspecified atom stereocenters. The zero-order valence-corrected chi connectivity index (χ0v) is 15.5. The van der Waals surface area contributed by atoms with Gasteiger partial charge in [0.05, 0.1) is 11.6 Å². The molecule has 0 heterocycles. The highest BCUT2D eigenvalue weighted by Crippen LogP contribution is 2.30. The Labute approximate surface area is 164 Å². The number of nitrogens with zero attached hydrogens (tertiary/aromatic N) is 1. The van der Waals surface area contributed by atoms with Crippen molar-refractivity contribution in [3.05, 3.63) is 59.1 Å². The van der Waals surface area contributed by atoms with Gasteiger partial charge >= 0.3 is 6.18 Å². The van der Waals surface area contributed by atoms with Crippen LogP contribution in [0, 0.1) is 11.3 Å². The van der Waals surface area contributed by atoms with Crippen molar-refractivity contribution in [2.75, 3.05) is 13.2 Å². The van der Waals surface area contributed by atoms with Gasteiger partial charge in [-0.15, -0.1) is 0 Å². The van der Waals surface area contributed by atoms with Crippen LogP contribution in [-0.4, -0.2) is 24.7 Å². The second-order valence-corrected chi connectivity index (χ2v) is 6.48. The number of hydrogen-bond acceptors (Lipinski definition) is 4. The predicted octanol–water partition coefficient (Wildman–Crippen LogP) is 4.22. The average molecular weight is 413 g/mol. The Morgan fingerprint density at radius 1 is 1.07 bits per heavy atom. The lowest BCUT2D eigenvalue weighted by Crippen LogP contribution is -2.50. The molecule has 2 rings (SSSR count). The zero-order valence-electron chi connectivity index (χ0n) is 14.7. The highest BCUT2D eigenvalue weighted by atomic mass is 35.5. The SMILES string of the molecule is CC(C#N)(COc1ccc(C(F)(F)F)cc1)NC(=O)COc1ccc(Cl)cc1. The van der Waals surface area contributed by atoms with E-state index in [1.54, 1.807) is 24.3 Å². The van der Waals surface area contributed by atoms with Gasteiger partial charge in [0, 0.05) is 5.02 Å². The molecular formula is C19H16ClF3N2O3. The zero-order chi connectivity index (χ0) is 20.8. The molecule has 0 aromatic heterocycles. The van der Waals surface area contributed by atoms with E-state index in [0.717, 1.165) is 24.3 Å². The van der Waals surface area contributed by atoms with E-state index in [-0.39, 0.29) is 19.0 Å². The molecule has 0 saturated carbocycles. The Kier molecular flexibility index (Phi) is 6.75. The molecule has 0 radical (unpaired) electrons. The molecule has 0 saturated heterocycles. The summed E-state index contributed by atoms with van der Waals surface area (Å²) in [5.74, 6) is 0.00960. The van der Waals surface area contributed by atoms with Crippen LogP contribution in [-0.2, 0) is 11.0 Å². The Balaban J connectivity index is 1.88. The van der Waals surface area contributed by atoms with E-state index in [4.69, 9.17) is 21.1 Å². The molecule has 28 heavy (non-hydrogen) atoms. The van der Waals surface area contributed by atoms with Crippen molar-refractivity contribution in [1.82, 2.24) is 5.32 Å². The third kappa shape index (κ3) is 6.35. The van der Waals surface area contributed by atoms with E-state index in [9.17, 15) is 23.2 Å². The van der Waals surface area contributed by atoms with Crippen LogP contribution in [0.15, 0.2) is 48.5 Å². The number of halogens is 4. The summed E-state index contributed by atoms with van der Waals surface area (Å²) in [6, 6.07) is 12.3. The number of carbonyl (C=O) groups excluding carboxylic acids is 1. The number of nitrogens with one attached hydrogen (secondary N) is 1. The number of carbonyl (C=O) groups is 1. The molecule has 1 atom stereocenters. The third-order valence-corrected chi connectivity index (χ3v) is 3.81. The average Bonchev–Trinajstić information content (AvgIpc) is 2.65. The first-order chi connectivity index (χ1) is 13.1. The van der Waals surface area contributed by atoms with Crippen molar-refractivity contribution in [2.45, 2.75) is 18.6 Å². The normalized spacial score (nSPS) is 13.1. The molecule has 0 aliphatic rings. The lowest BCUT2D eigenvalue weighted by atomic mass is 10.1. The summed E-state index contributed by atoms with van der Waals surface area (Å²) in [6.07, 6.45) is -4.45. The molecule has 2 aromatic rings. The molecule has 0 fully saturated rings. The van der Waals surface area contributed by atoms with Gasteiger partial charge in [-0.05, 0) is 55.5 Å². The monoisotopic (exact) mass is 412 g/mol. The van der Waals surface area contributed by atoms with Gasteiger partial charge in [0.25, 0.3) is 5.91 Å². The van der Waals surface area contributed by atoms with Crippen LogP contribution in [0.2, 0.25) is 5.02 Å². The summed E-state index contributed by atoms with van der Waals surface area (Å²) in [5, 5.41) is 12.3. The lowest BCUT2D eigenvalue weighted by molar-refractivity contribution is -0.137. The molecule has 1 N–H and O–H groups in total. The maximum Gasteiger partial charge on any atom is 0.416 e. The Morgan fingerprint density at radius 3 is 2.14 bits per heavy atom. The molecule has 9 heteroatoms. The highest BCUT2D eigenvalue weighted by molar-refractivity contribution is 6.30. The van der Waals surface area contributed by atoms with Crippen LogP contribution in [0.25, 0.3) is 0 Å². The standard InChI is InChI=1S/C19H16ClF3N2O3/c1-18(11-24,12-28-16-6-2-13(3-7-16)19(21,22)23)25-17(26)10-27-15-8-4-14(20)5-9-15/h2-9H,10,12H2,1H3,(H,25,26). The number of alkyl halides is 3. The minimum atomic E-state index is -4.45. The van der Waals surface area contributed by atoms with E-state index < -0.39 is 23.2 Å². The van der Waals surface area contributed by atoms with Crippen molar-refractivity contribution in [3.8, 4) is 17.6 Å². The minimum absolute atomic E-state index is 0.140. The number of rotatable bonds is 7. The van der Waals surface area contributed by atoms with Gasteiger partial charge in [-0.2, -0.15) is 18.4 Å². The molecule has 0 aliphatic heterocycles. The van der Waals surface area contributed by atoms with Crippen molar-refractivity contribution in [1.29, 1.82) is 5.26 Å². The molecule has 1 amide bonds. The molecule has 148 valence electrons. The molecule has 0 spiro atoms. The van der Waals surface area contributed by atoms with Gasteiger partial charge in [0.2, 0.25) is 0 Å². The van der Waals surface area contributed by atoms with Crippen LogP contribution in [0.5, 0.6) is 11.5 Å². The fourth-order valence-electron chi connectivity index (χ4n) is 2.09. The highest BCUT2D eigenvalue weighted by Gasteiger charge is 2.30. The summed E-state index contributed by atoms with van der Waals surface area (Å²) in [4.78, 5) is 12.0. The second-order valence-electron chi connectivity index (χ2n) is 6.05. The Morgan fingerprint density at radius 2 is 1.61 bits per heavy atom. The lowest BCUT2D eigenvalue weighted by Gasteiger charge is -2.23. The van der Waals surface area contributed by atoms with Gasteiger partial charge in [-0.1, -0.05) is 11.6 Å². The van der Waals surface area contributed by atoms with E-state index >= 15 is 0 Å². The molecular weight excluding hydrogens is 397 g/mol. The smallest absolute Gasteiger partial charge is 0.416 e. The maximum atomic E-state index is 12.6. The number of nitriles is 1. The quantitative estimate of drug-likeness (QED) is 0.739. The summed E-state index contributed by atoms with van der Waals surface area (Å²) < 4.78 is 48.3. The summed E-state index contributed by atoms with van der Waals surface area (Å²) in [6.45, 7) is 0.831. The van der Waals surface area contributed by atoms with Crippen LogP contribution in [0.3, 0.4) is 0 Å². The fraction of sp³-hybridized carbons (Fsp3) is 0.263. The van der Waals surface area contributed by atoms with Gasteiger partial charge in [-0.3, -0.25) is 4.79 Å². The minimum Gasteiger partial charge on any atom is -0.490 e. The number of amides is 1. The summed E-state index contributed by atoms with van der Waals surface area (Å²) in [5.41, 5.74) is -2.21. The van der Waals surface area contributed by atoms with E-state index in [2.05, 4.69) is 5.32 Å². The number of ether oxygens (including phenoxy) is 2. The van der Waals surface area contributed by atoms with Crippen molar-refractivity contribution in [3.63, 3.8) is 0 Å². The third-order valence-electron chi connectivity index (χ3n) is 3.55. The van der Waals surface area contributed by atoms with Crippen LogP contribution >= 0.6 is 11.6 Å². The van der Waals surface area contributed by atoms with E-state index in [1.165, 1.54) is 6.92 Å². The first-order valence-electron chi connectivity index (χ1n) is 8.02. The van der Waals surface area contributed by atoms with Gasteiger partial charge in [-0.25, -0.2) is 0 Å². The van der Waals surface area contributed by atoms with Gasteiger partial charge in [0.15, 0.2) is 12.1 Å². The second kappa shape index (κ2) is 8.85. The number of benzene rings is 2. The van der Waals surface area contributed by atoms with E-state index in [1.807, 2.05) is 6.07 Å². The maximum absolute atomic E-state index is 12.6. The van der Waals surface area contributed by atoms with Crippen LogP contribution in [0.1, 0.15) is 12.5 Å². The number of hydrogen-bond donors (Lipinski definition) is 1. The molecule has 0 bridgehead atoms. The predicted molar refractivity (Wildman–Crippen MR) is 96.0 cm³/mol. The molecule has 2 aromatic carbocycles. The topological polar surface area (TPSA) is 71.3 Å². The largest absolute Gasteiger partial charge is 0.490 e. The Hall–Kier alpha value is -2.92. The van der Waals surface area contributed by atoms with Gasteiger partial charge < -0.3 is 14.8 Å². The van der Waals surface area contributed by atoms with Crippen molar-refractivity contribution < 1.29 is 27.4 Å².